The first kappa shape index (κ1) is 25.0. The number of amides is 3. The highest BCUT2D eigenvalue weighted by Gasteiger charge is 2.34. The number of aryl methyl sites for hydroxylation is 2. The molecule has 1 saturated heterocycles. The quantitative estimate of drug-likeness (QED) is 0.403. The average Bonchev–Trinajstić information content (AvgIpc) is 3.56. The molecule has 1 atom stereocenters. The molecule has 1 fully saturated rings. The zero-order valence-corrected chi connectivity index (χ0v) is 20.4. The Balaban J connectivity index is 1.21. The van der Waals surface area contributed by atoms with Crippen molar-refractivity contribution in [3.8, 4) is 5.75 Å². The van der Waals surface area contributed by atoms with Crippen LogP contribution in [0.5, 0.6) is 5.75 Å². The molecule has 2 aromatic carbocycles. The largest absolute Gasteiger partial charge is 0.484 e. The molecule has 3 amide bonds. The van der Waals surface area contributed by atoms with Crippen LogP contribution in [0.4, 0.5) is 11.4 Å². The second-order valence-electron chi connectivity index (χ2n) is 8.73. The van der Waals surface area contributed by atoms with Gasteiger partial charge in [0.2, 0.25) is 11.8 Å². The van der Waals surface area contributed by atoms with E-state index in [4.69, 9.17) is 4.74 Å². The first-order valence-corrected chi connectivity index (χ1v) is 12.2. The lowest BCUT2D eigenvalue weighted by atomic mass is 10.1. The number of nitrogens with one attached hydrogen (secondary N) is 2. The first-order valence-electron chi connectivity index (χ1n) is 12.2. The summed E-state index contributed by atoms with van der Waals surface area (Å²) in [6.45, 7) is 3.62. The van der Waals surface area contributed by atoms with Crippen molar-refractivity contribution in [2.45, 2.75) is 32.7 Å². The van der Waals surface area contributed by atoms with E-state index in [1.165, 1.54) is 5.56 Å². The minimum atomic E-state index is -0.378. The molecule has 0 aliphatic carbocycles. The summed E-state index contributed by atoms with van der Waals surface area (Å²) in [6, 6.07) is 14.7. The van der Waals surface area contributed by atoms with Crippen LogP contribution < -0.4 is 20.3 Å². The first-order chi connectivity index (χ1) is 17.5. The van der Waals surface area contributed by atoms with E-state index in [2.05, 4.69) is 22.5 Å². The molecule has 3 aromatic rings. The topological polar surface area (TPSA) is 106 Å². The second kappa shape index (κ2) is 12.0. The number of imidazole rings is 1. The summed E-state index contributed by atoms with van der Waals surface area (Å²) in [7, 11) is 0. The van der Waals surface area contributed by atoms with Gasteiger partial charge in [-0.15, -0.1) is 0 Å². The average molecular weight is 490 g/mol. The summed E-state index contributed by atoms with van der Waals surface area (Å²) in [6.07, 6.45) is 7.26. The summed E-state index contributed by atoms with van der Waals surface area (Å²) in [4.78, 5) is 42.9. The Hall–Kier alpha value is -4.14. The molecule has 9 heteroatoms. The highest BCUT2D eigenvalue weighted by Crippen LogP contribution is 2.27. The zero-order valence-electron chi connectivity index (χ0n) is 20.4. The highest BCUT2D eigenvalue weighted by atomic mass is 16.5. The maximum absolute atomic E-state index is 12.5. The van der Waals surface area contributed by atoms with Crippen molar-refractivity contribution >= 4 is 29.1 Å². The van der Waals surface area contributed by atoms with Crippen molar-refractivity contribution in [2.24, 2.45) is 5.92 Å². The Labute approximate surface area is 210 Å². The fourth-order valence-electron chi connectivity index (χ4n) is 4.06. The zero-order chi connectivity index (χ0) is 25.3. The van der Waals surface area contributed by atoms with Gasteiger partial charge in [-0.3, -0.25) is 14.4 Å². The maximum atomic E-state index is 12.5. The third-order valence-corrected chi connectivity index (χ3v) is 6.11. The Bertz CT molecular complexity index is 1160. The van der Waals surface area contributed by atoms with Gasteiger partial charge >= 0.3 is 0 Å². The summed E-state index contributed by atoms with van der Waals surface area (Å²) < 4.78 is 7.54. The number of anilines is 2. The molecule has 0 saturated carbocycles. The van der Waals surface area contributed by atoms with E-state index in [1.807, 2.05) is 35.0 Å². The van der Waals surface area contributed by atoms with E-state index in [9.17, 15) is 14.4 Å². The normalized spacial score (nSPS) is 15.1. The number of hydrogen-bond donors (Lipinski definition) is 2. The van der Waals surface area contributed by atoms with Gasteiger partial charge in [0.15, 0.2) is 6.61 Å². The maximum Gasteiger partial charge on any atom is 0.262 e. The Kier molecular flexibility index (Phi) is 8.33. The van der Waals surface area contributed by atoms with Crippen LogP contribution in [0.3, 0.4) is 0 Å². The molecule has 188 valence electrons. The van der Waals surface area contributed by atoms with Crippen molar-refractivity contribution in [1.29, 1.82) is 0 Å². The van der Waals surface area contributed by atoms with Crippen molar-refractivity contribution in [2.75, 3.05) is 29.9 Å². The van der Waals surface area contributed by atoms with E-state index in [1.54, 1.807) is 41.7 Å². The third-order valence-electron chi connectivity index (χ3n) is 6.11. The molecule has 1 aliphatic rings. The predicted molar refractivity (Wildman–Crippen MR) is 137 cm³/mol. The summed E-state index contributed by atoms with van der Waals surface area (Å²) >= 11 is 0. The van der Waals surface area contributed by atoms with E-state index >= 15 is 0 Å². The Morgan fingerprint density at radius 2 is 1.89 bits per heavy atom. The van der Waals surface area contributed by atoms with Crippen molar-refractivity contribution < 1.29 is 19.1 Å². The van der Waals surface area contributed by atoms with E-state index in [0.29, 0.717) is 24.5 Å². The van der Waals surface area contributed by atoms with Gasteiger partial charge < -0.3 is 24.8 Å². The van der Waals surface area contributed by atoms with Crippen LogP contribution in [0.1, 0.15) is 25.3 Å². The monoisotopic (exact) mass is 489 g/mol. The molecular weight excluding hydrogens is 458 g/mol. The molecule has 0 bridgehead atoms. The molecule has 4 rings (SSSR count). The van der Waals surface area contributed by atoms with Crippen LogP contribution in [0.25, 0.3) is 0 Å². The van der Waals surface area contributed by atoms with Crippen LogP contribution in [-0.2, 0) is 27.3 Å². The third kappa shape index (κ3) is 6.71. The lowest BCUT2D eigenvalue weighted by Crippen LogP contribution is -2.33. The van der Waals surface area contributed by atoms with Gasteiger partial charge in [-0.1, -0.05) is 19.1 Å². The van der Waals surface area contributed by atoms with Gasteiger partial charge in [-0.2, -0.15) is 0 Å². The molecule has 9 nitrogen and oxygen atoms in total. The Morgan fingerprint density at radius 3 is 2.58 bits per heavy atom. The SMILES string of the molecule is CCc1ccc(NC(=O)COc2ccc(N3C[C@H](C(=O)NCCCn4ccnc4)CC3=O)cc2)cc1. The minimum absolute atomic E-state index is 0.0873. The molecule has 0 spiro atoms. The number of nitrogens with zero attached hydrogens (tertiary/aromatic N) is 3. The van der Waals surface area contributed by atoms with Crippen molar-refractivity contribution in [3.63, 3.8) is 0 Å². The van der Waals surface area contributed by atoms with Gasteiger partial charge in [0, 0.05) is 49.8 Å². The van der Waals surface area contributed by atoms with Gasteiger partial charge in [-0.05, 0) is 54.8 Å². The molecule has 2 heterocycles. The standard InChI is InChI=1S/C27H31N5O4/c1-2-20-4-6-22(7-5-20)30-25(33)18-36-24-10-8-23(9-11-24)32-17-21(16-26(32)34)27(35)29-12-3-14-31-15-13-28-19-31/h4-11,13,15,19,21H,2-3,12,14,16-18H2,1H3,(H,29,35)(H,30,33)/t21-/m1/s1. The molecule has 0 radical (unpaired) electrons. The van der Waals surface area contributed by atoms with Gasteiger partial charge in [0.05, 0.1) is 12.2 Å². The number of carbonyl (C=O) groups is 3. The van der Waals surface area contributed by atoms with Gasteiger partial charge in [0.1, 0.15) is 5.75 Å². The predicted octanol–water partition coefficient (Wildman–Crippen LogP) is 3.02. The van der Waals surface area contributed by atoms with Crippen LogP contribution in [0, 0.1) is 5.92 Å². The van der Waals surface area contributed by atoms with Gasteiger partial charge in [-0.25, -0.2) is 4.98 Å². The summed E-state index contributed by atoms with van der Waals surface area (Å²) in [5, 5.41) is 5.74. The van der Waals surface area contributed by atoms with Gasteiger partial charge in [0.25, 0.3) is 5.91 Å². The highest BCUT2D eigenvalue weighted by molar-refractivity contribution is 6.00. The van der Waals surface area contributed by atoms with Crippen LogP contribution >= 0.6 is 0 Å². The van der Waals surface area contributed by atoms with E-state index in [-0.39, 0.29) is 36.7 Å². The molecule has 2 N–H and O–H groups in total. The minimum Gasteiger partial charge on any atom is -0.484 e. The summed E-state index contributed by atoms with van der Waals surface area (Å²) in [5.41, 5.74) is 2.62. The van der Waals surface area contributed by atoms with Crippen LogP contribution in [-0.4, -0.2) is 47.0 Å². The van der Waals surface area contributed by atoms with E-state index < -0.39 is 0 Å². The molecule has 1 aliphatic heterocycles. The Morgan fingerprint density at radius 1 is 1.11 bits per heavy atom. The lowest BCUT2D eigenvalue weighted by Gasteiger charge is -2.17. The summed E-state index contributed by atoms with van der Waals surface area (Å²) in [5.74, 6) is -0.301. The molecule has 36 heavy (non-hydrogen) atoms. The van der Waals surface area contributed by atoms with Crippen molar-refractivity contribution in [3.05, 3.63) is 72.8 Å². The molecule has 0 unspecified atom stereocenters. The number of benzene rings is 2. The van der Waals surface area contributed by atoms with E-state index in [0.717, 1.165) is 25.1 Å². The second-order valence-corrected chi connectivity index (χ2v) is 8.73. The molecule has 1 aromatic heterocycles. The number of rotatable bonds is 11. The smallest absolute Gasteiger partial charge is 0.262 e. The fourth-order valence-corrected chi connectivity index (χ4v) is 4.06. The van der Waals surface area contributed by atoms with Crippen LogP contribution in [0.2, 0.25) is 0 Å². The number of aromatic nitrogens is 2. The fraction of sp³-hybridized carbons (Fsp3) is 0.333. The lowest BCUT2D eigenvalue weighted by molar-refractivity contribution is -0.126. The number of ether oxygens (including phenoxy) is 1. The number of hydrogen-bond acceptors (Lipinski definition) is 5. The van der Waals surface area contributed by atoms with Crippen LogP contribution in [0.15, 0.2) is 67.3 Å². The molecular formula is C27H31N5O4. The van der Waals surface area contributed by atoms with Crippen molar-refractivity contribution in [1.82, 2.24) is 14.9 Å². The number of carbonyl (C=O) groups excluding carboxylic acids is 3.